The van der Waals surface area contributed by atoms with Gasteiger partial charge in [-0.1, -0.05) is 19.9 Å². The molecule has 1 aliphatic rings. The van der Waals surface area contributed by atoms with E-state index >= 15 is 0 Å². The average Bonchev–Trinajstić information content (AvgIpc) is 2.40. The number of morpholine rings is 1. The van der Waals surface area contributed by atoms with E-state index in [9.17, 15) is 0 Å². The van der Waals surface area contributed by atoms with E-state index in [1.807, 2.05) is 6.20 Å². The van der Waals surface area contributed by atoms with E-state index in [-0.39, 0.29) is 0 Å². The molecule has 0 bridgehead atoms. The minimum atomic E-state index is 0.484. The van der Waals surface area contributed by atoms with Gasteiger partial charge in [0, 0.05) is 37.9 Å². The second-order valence-electron chi connectivity index (χ2n) is 5.59. The molecule has 19 heavy (non-hydrogen) atoms. The fourth-order valence-corrected chi connectivity index (χ4v) is 2.18. The van der Waals surface area contributed by atoms with Crippen molar-refractivity contribution in [2.45, 2.75) is 45.9 Å². The zero-order valence-corrected chi connectivity index (χ0v) is 12.2. The molecule has 0 aromatic carbocycles. The van der Waals surface area contributed by atoms with Crippen molar-refractivity contribution in [1.29, 1.82) is 0 Å². The maximum absolute atomic E-state index is 5.45. The van der Waals surface area contributed by atoms with Crippen LogP contribution in [0.3, 0.4) is 0 Å². The van der Waals surface area contributed by atoms with E-state index < -0.39 is 0 Å². The number of ether oxygens (including phenoxy) is 1. The van der Waals surface area contributed by atoms with E-state index in [2.05, 4.69) is 48.1 Å². The van der Waals surface area contributed by atoms with Crippen molar-refractivity contribution < 1.29 is 4.74 Å². The molecule has 2 heterocycles. The Bertz CT molecular complexity index is 377. The average molecular weight is 263 g/mol. The lowest BCUT2D eigenvalue weighted by molar-refractivity contribution is -0.00491. The molecule has 106 valence electrons. The van der Waals surface area contributed by atoms with Crippen molar-refractivity contribution in [1.82, 2.24) is 15.2 Å². The SMILES string of the molecule is CC(C)NCc1ccc(CN2CCOCC2C)nc1. The van der Waals surface area contributed by atoms with Crippen LogP contribution in [0.15, 0.2) is 18.3 Å². The summed E-state index contributed by atoms with van der Waals surface area (Å²) in [7, 11) is 0. The first-order valence-electron chi connectivity index (χ1n) is 7.14. The number of hydrogen-bond acceptors (Lipinski definition) is 4. The lowest BCUT2D eigenvalue weighted by atomic mass is 10.2. The van der Waals surface area contributed by atoms with Crippen LogP contribution in [0.4, 0.5) is 0 Å². The van der Waals surface area contributed by atoms with Crippen molar-refractivity contribution in [3.63, 3.8) is 0 Å². The minimum absolute atomic E-state index is 0.484. The minimum Gasteiger partial charge on any atom is -0.379 e. The third-order valence-corrected chi connectivity index (χ3v) is 3.47. The molecular formula is C15H25N3O. The van der Waals surface area contributed by atoms with Crippen LogP contribution in [0.25, 0.3) is 0 Å². The molecule has 0 radical (unpaired) electrons. The van der Waals surface area contributed by atoms with Gasteiger partial charge in [-0.2, -0.15) is 0 Å². The Labute approximate surface area is 116 Å². The summed E-state index contributed by atoms with van der Waals surface area (Å²) < 4.78 is 5.45. The second-order valence-corrected chi connectivity index (χ2v) is 5.59. The smallest absolute Gasteiger partial charge is 0.0619 e. The van der Waals surface area contributed by atoms with Gasteiger partial charge >= 0.3 is 0 Å². The number of rotatable bonds is 5. The molecular weight excluding hydrogens is 238 g/mol. The molecule has 1 unspecified atom stereocenters. The highest BCUT2D eigenvalue weighted by atomic mass is 16.5. The van der Waals surface area contributed by atoms with Gasteiger partial charge in [-0.25, -0.2) is 0 Å². The summed E-state index contributed by atoms with van der Waals surface area (Å²) in [4.78, 5) is 6.99. The molecule has 0 amide bonds. The van der Waals surface area contributed by atoms with Gasteiger partial charge in [0.05, 0.1) is 18.9 Å². The molecule has 0 saturated carbocycles. The van der Waals surface area contributed by atoms with Gasteiger partial charge in [0.25, 0.3) is 0 Å². The van der Waals surface area contributed by atoms with Gasteiger partial charge in [-0.05, 0) is 18.6 Å². The highest BCUT2D eigenvalue weighted by Crippen LogP contribution is 2.11. The van der Waals surface area contributed by atoms with Gasteiger partial charge < -0.3 is 10.1 Å². The quantitative estimate of drug-likeness (QED) is 0.879. The third kappa shape index (κ3) is 4.56. The Kier molecular flexibility index (Phi) is 5.31. The number of aromatic nitrogens is 1. The zero-order valence-electron chi connectivity index (χ0n) is 12.2. The predicted molar refractivity (Wildman–Crippen MR) is 76.9 cm³/mol. The van der Waals surface area contributed by atoms with Gasteiger partial charge in [-0.15, -0.1) is 0 Å². The Balaban J connectivity index is 1.87. The molecule has 4 heteroatoms. The normalized spacial score (nSPS) is 20.9. The van der Waals surface area contributed by atoms with Crippen LogP contribution < -0.4 is 5.32 Å². The van der Waals surface area contributed by atoms with Crippen LogP contribution >= 0.6 is 0 Å². The molecule has 1 atom stereocenters. The van der Waals surface area contributed by atoms with Crippen LogP contribution in [0.1, 0.15) is 32.0 Å². The largest absolute Gasteiger partial charge is 0.379 e. The summed E-state index contributed by atoms with van der Waals surface area (Å²) in [6.07, 6.45) is 1.98. The highest BCUT2D eigenvalue weighted by Gasteiger charge is 2.18. The third-order valence-electron chi connectivity index (χ3n) is 3.47. The molecule has 1 aliphatic heterocycles. The lowest BCUT2D eigenvalue weighted by Gasteiger charge is -2.32. The molecule has 1 fully saturated rings. The maximum atomic E-state index is 5.45. The fourth-order valence-electron chi connectivity index (χ4n) is 2.18. The molecule has 1 N–H and O–H groups in total. The van der Waals surface area contributed by atoms with Crippen molar-refractivity contribution >= 4 is 0 Å². The Hall–Kier alpha value is -0.970. The van der Waals surface area contributed by atoms with Gasteiger partial charge in [-0.3, -0.25) is 9.88 Å². The Morgan fingerprint density at radius 2 is 2.32 bits per heavy atom. The van der Waals surface area contributed by atoms with Gasteiger partial charge in [0.2, 0.25) is 0 Å². The van der Waals surface area contributed by atoms with Gasteiger partial charge in [0.15, 0.2) is 0 Å². The van der Waals surface area contributed by atoms with Crippen LogP contribution in [0.2, 0.25) is 0 Å². The fraction of sp³-hybridized carbons (Fsp3) is 0.667. The van der Waals surface area contributed by atoms with Crippen LogP contribution in [-0.4, -0.2) is 41.7 Å². The molecule has 1 saturated heterocycles. The van der Waals surface area contributed by atoms with Gasteiger partial charge in [0.1, 0.15) is 0 Å². The summed E-state index contributed by atoms with van der Waals surface area (Å²) >= 11 is 0. The Morgan fingerprint density at radius 1 is 1.47 bits per heavy atom. The molecule has 1 aromatic rings. The van der Waals surface area contributed by atoms with E-state index in [1.54, 1.807) is 0 Å². The monoisotopic (exact) mass is 263 g/mol. The summed E-state index contributed by atoms with van der Waals surface area (Å²) in [5.74, 6) is 0. The van der Waals surface area contributed by atoms with Crippen molar-refractivity contribution in [2.24, 2.45) is 0 Å². The number of nitrogens with zero attached hydrogens (tertiary/aromatic N) is 2. The molecule has 2 rings (SSSR count). The standard InChI is InChI=1S/C15H25N3O/c1-12(2)16-8-14-4-5-15(17-9-14)10-18-6-7-19-11-13(18)3/h4-5,9,12-13,16H,6-8,10-11H2,1-3H3. The summed E-state index contributed by atoms with van der Waals surface area (Å²) in [5, 5.41) is 3.40. The predicted octanol–water partition coefficient (Wildman–Crippen LogP) is 1.80. The second kappa shape index (κ2) is 6.98. The summed E-state index contributed by atoms with van der Waals surface area (Å²) in [6.45, 7) is 11.0. The zero-order chi connectivity index (χ0) is 13.7. The molecule has 4 nitrogen and oxygen atoms in total. The van der Waals surface area contributed by atoms with Crippen molar-refractivity contribution in [3.05, 3.63) is 29.6 Å². The first kappa shape index (κ1) is 14.4. The van der Waals surface area contributed by atoms with Crippen LogP contribution in [0, 0.1) is 0 Å². The van der Waals surface area contributed by atoms with Crippen LogP contribution in [-0.2, 0) is 17.8 Å². The van der Waals surface area contributed by atoms with E-state index in [4.69, 9.17) is 4.74 Å². The Morgan fingerprint density at radius 3 is 2.95 bits per heavy atom. The number of pyridine rings is 1. The topological polar surface area (TPSA) is 37.4 Å². The molecule has 0 spiro atoms. The molecule has 0 aliphatic carbocycles. The van der Waals surface area contributed by atoms with Crippen LogP contribution in [0.5, 0.6) is 0 Å². The number of hydrogen-bond donors (Lipinski definition) is 1. The summed E-state index contributed by atoms with van der Waals surface area (Å²) in [6, 6.07) is 5.30. The van der Waals surface area contributed by atoms with Crippen molar-refractivity contribution in [3.8, 4) is 0 Å². The van der Waals surface area contributed by atoms with Crippen molar-refractivity contribution in [2.75, 3.05) is 19.8 Å². The lowest BCUT2D eigenvalue weighted by Crippen LogP contribution is -2.43. The van der Waals surface area contributed by atoms with E-state index in [1.165, 1.54) is 5.56 Å². The first-order valence-corrected chi connectivity index (χ1v) is 7.14. The van der Waals surface area contributed by atoms with E-state index in [0.29, 0.717) is 12.1 Å². The highest BCUT2D eigenvalue weighted by molar-refractivity contribution is 5.14. The summed E-state index contributed by atoms with van der Waals surface area (Å²) in [5.41, 5.74) is 2.38. The first-order chi connectivity index (χ1) is 9.15. The van der Waals surface area contributed by atoms with E-state index in [0.717, 1.165) is 38.5 Å². The molecule has 1 aromatic heterocycles. The number of nitrogens with one attached hydrogen (secondary N) is 1. The maximum Gasteiger partial charge on any atom is 0.0619 e.